The van der Waals surface area contributed by atoms with Gasteiger partial charge < -0.3 is 24.8 Å². The van der Waals surface area contributed by atoms with E-state index >= 15 is 0 Å². The number of aliphatic hydroxyl groups excluding tert-OH is 1. The Morgan fingerprint density at radius 1 is 1.10 bits per heavy atom. The second kappa shape index (κ2) is 13.5. The number of carbonyl (C=O) groups excluding carboxylic acids is 3. The van der Waals surface area contributed by atoms with Gasteiger partial charge in [0, 0.05) is 26.6 Å². The van der Waals surface area contributed by atoms with Crippen molar-refractivity contribution in [3.63, 3.8) is 0 Å². The highest BCUT2D eigenvalue weighted by atomic mass is 32.2. The van der Waals surface area contributed by atoms with Crippen LogP contribution < -0.4 is 10.1 Å². The molecule has 0 unspecified atom stereocenters. The quantitative estimate of drug-likeness (QED) is 0.403. The number of ether oxygens (including phenoxy) is 2. The third-order valence-corrected chi connectivity index (χ3v) is 8.38. The Morgan fingerprint density at radius 2 is 1.73 bits per heavy atom. The van der Waals surface area contributed by atoms with Crippen LogP contribution in [-0.4, -0.2) is 85.1 Å². The van der Waals surface area contributed by atoms with Gasteiger partial charge in [0.25, 0.3) is 0 Å². The van der Waals surface area contributed by atoms with Crippen LogP contribution in [-0.2, 0) is 30.8 Å². The van der Waals surface area contributed by atoms with Gasteiger partial charge in [0.2, 0.25) is 15.9 Å². The summed E-state index contributed by atoms with van der Waals surface area (Å²) in [7, 11) is -2.42. The fourth-order valence-corrected chi connectivity index (χ4v) is 5.98. The van der Waals surface area contributed by atoms with Crippen LogP contribution in [0, 0.1) is 6.92 Å². The van der Waals surface area contributed by atoms with E-state index in [0.29, 0.717) is 18.4 Å². The lowest BCUT2D eigenvalue weighted by atomic mass is 10.0. The minimum Gasteiger partial charge on any atom is -0.458 e. The van der Waals surface area contributed by atoms with Crippen LogP contribution in [0.3, 0.4) is 0 Å². The SMILES string of the molecule is Cc1ccc(S(=O)(=O)N2CCC[C@H]2C(=O)N[C@@H](Cc2ccc(OC(=O)N(C)CCO)cc2)C(=O)OC(C)(C)C)cc1. The molecule has 1 fully saturated rings. The van der Waals surface area contributed by atoms with E-state index in [1.807, 2.05) is 6.92 Å². The van der Waals surface area contributed by atoms with Gasteiger partial charge in [-0.3, -0.25) is 4.79 Å². The smallest absolute Gasteiger partial charge is 0.415 e. The van der Waals surface area contributed by atoms with Crippen molar-refractivity contribution in [2.45, 2.75) is 69.5 Å². The predicted octanol–water partition coefficient (Wildman–Crippen LogP) is 2.64. The number of likely N-dealkylation sites (N-methyl/N-ethyl adjacent to an activating group) is 1. The first-order valence-electron chi connectivity index (χ1n) is 13.5. The molecular formula is C29H39N3O8S. The van der Waals surface area contributed by atoms with Crippen molar-refractivity contribution >= 4 is 28.0 Å². The number of rotatable bonds is 10. The zero-order valence-corrected chi connectivity index (χ0v) is 24.9. The number of sulfonamides is 1. The fraction of sp³-hybridized carbons (Fsp3) is 0.483. The largest absolute Gasteiger partial charge is 0.458 e. The van der Waals surface area contributed by atoms with Gasteiger partial charge in [-0.1, -0.05) is 29.8 Å². The molecule has 0 aromatic heterocycles. The van der Waals surface area contributed by atoms with E-state index in [1.165, 1.54) is 28.4 Å². The molecule has 12 heteroatoms. The molecule has 1 saturated heterocycles. The van der Waals surface area contributed by atoms with Crippen LogP contribution in [0.5, 0.6) is 5.75 Å². The van der Waals surface area contributed by atoms with E-state index in [1.54, 1.807) is 57.2 Å². The van der Waals surface area contributed by atoms with Crippen LogP contribution in [0.4, 0.5) is 4.79 Å². The molecule has 0 saturated carbocycles. The van der Waals surface area contributed by atoms with Crippen LogP contribution >= 0.6 is 0 Å². The molecule has 0 aliphatic carbocycles. The van der Waals surface area contributed by atoms with Gasteiger partial charge in [-0.15, -0.1) is 0 Å². The van der Waals surface area contributed by atoms with Gasteiger partial charge in [-0.25, -0.2) is 18.0 Å². The third-order valence-electron chi connectivity index (χ3n) is 6.46. The number of nitrogens with zero attached hydrogens (tertiary/aromatic N) is 2. The minimum absolute atomic E-state index is 0.0662. The summed E-state index contributed by atoms with van der Waals surface area (Å²) < 4.78 is 38.7. The van der Waals surface area contributed by atoms with Crippen molar-refractivity contribution in [2.75, 3.05) is 26.7 Å². The highest BCUT2D eigenvalue weighted by Gasteiger charge is 2.41. The van der Waals surface area contributed by atoms with E-state index in [-0.39, 0.29) is 36.8 Å². The number of nitrogens with one attached hydrogen (secondary N) is 1. The number of esters is 1. The average Bonchev–Trinajstić information content (AvgIpc) is 3.40. The molecule has 2 atom stereocenters. The molecule has 0 spiro atoms. The predicted molar refractivity (Wildman–Crippen MR) is 152 cm³/mol. The van der Waals surface area contributed by atoms with Gasteiger partial charge >= 0.3 is 12.1 Å². The Bertz CT molecular complexity index is 1320. The number of hydrogen-bond acceptors (Lipinski definition) is 8. The summed E-state index contributed by atoms with van der Waals surface area (Å²) in [4.78, 5) is 40.0. The second-order valence-corrected chi connectivity index (χ2v) is 12.9. The zero-order valence-electron chi connectivity index (χ0n) is 24.1. The Morgan fingerprint density at radius 3 is 2.32 bits per heavy atom. The molecule has 2 amide bonds. The maximum atomic E-state index is 13.4. The first-order valence-corrected chi connectivity index (χ1v) is 14.9. The first kappa shape index (κ1) is 32.0. The lowest BCUT2D eigenvalue weighted by Crippen LogP contribution is -2.52. The van der Waals surface area contributed by atoms with Gasteiger partial charge in [0.05, 0.1) is 11.5 Å². The monoisotopic (exact) mass is 589 g/mol. The maximum Gasteiger partial charge on any atom is 0.415 e. The summed E-state index contributed by atoms with van der Waals surface area (Å²) in [5, 5.41) is 11.7. The first-order chi connectivity index (χ1) is 19.2. The fourth-order valence-electron chi connectivity index (χ4n) is 4.32. The lowest BCUT2D eigenvalue weighted by molar-refractivity contribution is -0.158. The van der Waals surface area contributed by atoms with Crippen molar-refractivity contribution in [2.24, 2.45) is 0 Å². The molecule has 0 bridgehead atoms. The Balaban J connectivity index is 1.77. The van der Waals surface area contributed by atoms with Crippen LogP contribution in [0.1, 0.15) is 44.7 Å². The van der Waals surface area contributed by atoms with E-state index < -0.39 is 45.7 Å². The van der Waals surface area contributed by atoms with E-state index in [4.69, 9.17) is 14.6 Å². The number of carbonyl (C=O) groups is 3. The summed E-state index contributed by atoms with van der Waals surface area (Å²) in [6.45, 7) is 7.13. The molecule has 3 rings (SSSR count). The van der Waals surface area contributed by atoms with Crippen molar-refractivity contribution in [3.8, 4) is 5.75 Å². The second-order valence-electron chi connectivity index (χ2n) is 11.0. The van der Waals surface area contributed by atoms with Crippen LogP contribution in [0.15, 0.2) is 53.4 Å². The normalized spacial score (nSPS) is 16.6. The van der Waals surface area contributed by atoms with E-state index in [9.17, 15) is 22.8 Å². The molecule has 1 aliphatic rings. The topological polar surface area (TPSA) is 143 Å². The van der Waals surface area contributed by atoms with Crippen LogP contribution in [0.2, 0.25) is 0 Å². The molecule has 1 heterocycles. The Kier molecular flexibility index (Phi) is 10.5. The van der Waals surface area contributed by atoms with Crippen molar-refractivity contribution in [1.29, 1.82) is 0 Å². The van der Waals surface area contributed by atoms with E-state index in [0.717, 1.165) is 5.56 Å². The van der Waals surface area contributed by atoms with Crippen molar-refractivity contribution < 1.29 is 37.4 Å². The van der Waals surface area contributed by atoms with Crippen LogP contribution in [0.25, 0.3) is 0 Å². The lowest BCUT2D eigenvalue weighted by Gasteiger charge is -2.28. The zero-order chi connectivity index (χ0) is 30.4. The highest BCUT2D eigenvalue weighted by molar-refractivity contribution is 7.89. The van der Waals surface area contributed by atoms with Crippen molar-refractivity contribution in [3.05, 3.63) is 59.7 Å². The summed E-state index contributed by atoms with van der Waals surface area (Å²) in [5.74, 6) is -0.964. The number of hydrogen-bond donors (Lipinski definition) is 2. The number of aryl methyl sites for hydroxylation is 1. The molecule has 224 valence electrons. The molecule has 0 radical (unpaired) electrons. The molecule has 2 aromatic carbocycles. The minimum atomic E-state index is -3.92. The molecule has 1 aliphatic heterocycles. The molecule has 41 heavy (non-hydrogen) atoms. The summed E-state index contributed by atoms with van der Waals surface area (Å²) >= 11 is 0. The van der Waals surface area contributed by atoms with E-state index in [2.05, 4.69) is 5.32 Å². The highest BCUT2D eigenvalue weighted by Crippen LogP contribution is 2.27. The molecule has 11 nitrogen and oxygen atoms in total. The van der Waals surface area contributed by atoms with Crippen molar-refractivity contribution in [1.82, 2.24) is 14.5 Å². The number of amides is 2. The Labute approximate surface area is 241 Å². The molecule has 2 N–H and O–H groups in total. The average molecular weight is 590 g/mol. The molecule has 2 aromatic rings. The summed E-state index contributed by atoms with van der Waals surface area (Å²) in [6.07, 6.45) is 0.264. The van der Waals surface area contributed by atoms with Gasteiger partial charge in [-0.05, 0) is 70.4 Å². The third kappa shape index (κ3) is 8.75. The van der Waals surface area contributed by atoms with Gasteiger partial charge in [0.1, 0.15) is 23.4 Å². The van der Waals surface area contributed by atoms with Gasteiger partial charge in [-0.2, -0.15) is 4.31 Å². The summed E-state index contributed by atoms with van der Waals surface area (Å²) in [6, 6.07) is 10.8. The standard InChI is InChI=1S/C29H39N3O8S/c1-20-8-14-23(15-9-20)41(37,38)32-16-6-7-25(32)26(34)30-24(27(35)40-29(2,3)4)19-21-10-12-22(13-11-21)39-28(36)31(5)17-18-33/h8-15,24-25,33H,6-7,16-19H2,1-5H3,(H,30,34)/t24-,25-/m0/s1. The Hall–Kier alpha value is -3.48. The maximum absolute atomic E-state index is 13.4. The number of aliphatic hydroxyl groups is 1. The number of benzene rings is 2. The molecular weight excluding hydrogens is 550 g/mol. The summed E-state index contributed by atoms with van der Waals surface area (Å²) in [5.41, 5.74) is 0.757. The van der Waals surface area contributed by atoms with Gasteiger partial charge in [0.15, 0.2) is 0 Å².